The van der Waals surface area contributed by atoms with E-state index in [0.717, 1.165) is 24.0 Å². The molecule has 1 aliphatic rings. The van der Waals surface area contributed by atoms with Gasteiger partial charge in [0.15, 0.2) is 0 Å². The largest absolute Gasteiger partial charge is 0.399 e. The van der Waals surface area contributed by atoms with Gasteiger partial charge in [-0.15, -0.1) is 11.8 Å². The normalized spacial score (nSPS) is 15.2. The minimum Gasteiger partial charge on any atom is -0.399 e. The quantitative estimate of drug-likeness (QED) is 0.645. The van der Waals surface area contributed by atoms with Crippen LogP contribution < -0.4 is 5.73 Å². The molecule has 0 radical (unpaired) electrons. The monoisotopic (exact) mass is 276 g/mol. The van der Waals surface area contributed by atoms with Crippen LogP contribution in [0.15, 0.2) is 29.3 Å². The van der Waals surface area contributed by atoms with Gasteiger partial charge in [0.25, 0.3) is 0 Å². The van der Waals surface area contributed by atoms with Gasteiger partial charge in [-0.3, -0.25) is 0 Å². The average Bonchev–Trinajstić information content (AvgIpc) is 3.11. The lowest BCUT2D eigenvalue weighted by Crippen LogP contribution is -2.03. The molecule has 3 nitrogen and oxygen atoms in total. The third-order valence-electron chi connectivity index (χ3n) is 3.45. The highest BCUT2D eigenvalue weighted by Gasteiger charge is 2.21. The first-order chi connectivity index (χ1) is 9.28. The summed E-state index contributed by atoms with van der Waals surface area (Å²) >= 11 is 1.84. The molecule has 4 heteroatoms. The molecule has 102 valence electrons. The fourth-order valence-electron chi connectivity index (χ4n) is 2.27. The summed E-state index contributed by atoms with van der Waals surface area (Å²) < 4.78 is 7.91. The average molecular weight is 276 g/mol. The highest BCUT2D eigenvalue weighted by atomic mass is 32.2. The predicted molar refractivity (Wildman–Crippen MR) is 81.4 cm³/mol. The Hall–Kier alpha value is -1.13. The molecule has 0 atom stereocenters. The third-order valence-corrected chi connectivity index (χ3v) is 4.39. The zero-order valence-electron chi connectivity index (χ0n) is 11.3. The van der Waals surface area contributed by atoms with Crippen LogP contribution in [0.5, 0.6) is 0 Å². The van der Waals surface area contributed by atoms with Gasteiger partial charge in [-0.05, 0) is 42.7 Å². The number of benzene rings is 1. The zero-order chi connectivity index (χ0) is 13.2. The molecule has 1 aromatic carbocycles. The molecule has 19 heavy (non-hydrogen) atoms. The van der Waals surface area contributed by atoms with Crippen LogP contribution in [0.25, 0.3) is 10.9 Å². The van der Waals surface area contributed by atoms with Crippen molar-refractivity contribution < 1.29 is 4.74 Å². The number of hydrogen-bond acceptors (Lipinski definition) is 3. The minimum atomic E-state index is 0.625. The van der Waals surface area contributed by atoms with E-state index in [9.17, 15) is 0 Å². The minimum absolute atomic E-state index is 0.625. The second-order valence-electron chi connectivity index (χ2n) is 5.11. The van der Waals surface area contributed by atoms with Crippen LogP contribution >= 0.6 is 11.8 Å². The number of thioether (sulfide) groups is 1. The summed E-state index contributed by atoms with van der Waals surface area (Å²) in [7, 11) is 0. The molecule has 3 rings (SSSR count). The fourth-order valence-corrected chi connectivity index (χ4v) is 3.13. The number of hydrogen-bond donors (Lipinski definition) is 1. The number of fused-ring (bicyclic) bond motifs is 1. The van der Waals surface area contributed by atoms with Crippen LogP contribution in [0.4, 0.5) is 5.69 Å². The molecule has 0 saturated heterocycles. The second-order valence-corrected chi connectivity index (χ2v) is 6.42. The van der Waals surface area contributed by atoms with Crippen LogP contribution in [0.1, 0.15) is 19.8 Å². The van der Waals surface area contributed by atoms with Gasteiger partial charge in [0, 0.05) is 22.2 Å². The lowest BCUT2D eigenvalue weighted by Gasteiger charge is -2.09. The summed E-state index contributed by atoms with van der Waals surface area (Å²) in [5, 5.41) is 1.27. The number of ether oxygens (including phenoxy) is 1. The molecule has 1 saturated carbocycles. The summed E-state index contributed by atoms with van der Waals surface area (Å²) in [5.41, 5.74) is 8.00. The Morgan fingerprint density at radius 2 is 2.26 bits per heavy atom. The maximum absolute atomic E-state index is 6.00. The number of aromatic nitrogens is 1. The summed E-state index contributed by atoms with van der Waals surface area (Å²) in [4.78, 5) is 1.26. The third kappa shape index (κ3) is 2.90. The first-order valence-electron chi connectivity index (χ1n) is 6.87. The number of nitrogens with two attached hydrogens (primary N) is 1. The van der Waals surface area contributed by atoms with E-state index in [-0.39, 0.29) is 0 Å². The molecule has 2 aromatic rings. The van der Waals surface area contributed by atoms with E-state index in [2.05, 4.69) is 29.8 Å². The SMILES string of the molecule is CCSc1cc(N)cc2c1ccn2COCC1CC1. The van der Waals surface area contributed by atoms with Crippen LogP contribution in [-0.2, 0) is 11.5 Å². The smallest absolute Gasteiger partial charge is 0.122 e. The Bertz CT molecular complexity index is 575. The van der Waals surface area contributed by atoms with Crippen LogP contribution in [-0.4, -0.2) is 16.9 Å². The summed E-state index contributed by atoms with van der Waals surface area (Å²) in [6, 6.07) is 6.26. The zero-order valence-corrected chi connectivity index (χ0v) is 12.1. The van der Waals surface area contributed by atoms with Crippen molar-refractivity contribution in [3.8, 4) is 0 Å². The molecule has 0 aliphatic heterocycles. The Morgan fingerprint density at radius 3 is 3.00 bits per heavy atom. The van der Waals surface area contributed by atoms with Crippen molar-refractivity contribution in [2.24, 2.45) is 5.92 Å². The summed E-state index contributed by atoms with van der Waals surface area (Å²) in [6.07, 6.45) is 4.75. The Labute approximate surface area is 118 Å². The van der Waals surface area contributed by atoms with Gasteiger partial charge < -0.3 is 15.0 Å². The molecular weight excluding hydrogens is 256 g/mol. The molecule has 0 bridgehead atoms. The van der Waals surface area contributed by atoms with Crippen molar-refractivity contribution in [3.63, 3.8) is 0 Å². The van der Waals surface area contributed by atoms with E-state index in [1.165, 1.54) is 28.6 Å². The number of nitrogen functional groups attached to an aromatic ring is 1. The highest BCUT2D eigenvalue weighted by molar-refractivity contribution is 7.99. The van der Waals surface area contributed by atoms with Gasteiger partial charge in [0.2, 0.25) is 0 Å². The molecule has 0 amide bonds. The first kappa shape index (κ1) is 12.9. The Balaban J connectivity index is 1.83. The molecule has 0 spiro atoms. The standard InChI is InChI=1S/C15H20N2OS/c1-2-19-15-8-12(16)7-14-13(15)5-6-17(14)10-18-9-11-3-4-11/h5-8,11H,2-4,9-10,16H2,1H3. The van der Waals surface area contributed by atoms with E-state index >= 15 is 0 Å². The predicted octanol–water partition coefficient (Wildman–Crippen LogP) is 3.72. The second kappa shape index (κ2) is 5.47. The van der Waals surface area contributed by atoms with Gasteiger partial charge >= 0.3 is 0 Å². The van der Waals surface area contributed by atoms with Gasteiger partial charge in [-0.1, -0.05) is 6.92 Å². The van der Waals surface area contributed by atoms with E-state index in [1.54, 1.807) is 0 Å². The van der Waals surface area contributed by atoms with Crippen molar-refractivity contribution in [1.29, 1.82) is 0 Å². The number of anilines is 1. The van der Waals surface area contributed by atoms with Crippen molar-refractivity contribution in [1.82, 2.24) is 4.57 Å². The lowest BCUT2D eigenvalue weighted by atomic mass is 10.2. The lowest BCUT2D eigenvalue weighted by molar-refractivity contribution is 0.0718. The molecule has 2 N–H and O–H groups in total. The molecule has 0 unspecified atom stereocenters. The van der Waals surface area contributed by atoms with E-state index in [1.807, 2.05) is 17.8 Å². The van der Waals surface area contributed by atoms with Crippen molar-refractivity contribution >= 4 is 28.4 Å². The fraction of sp³-hybridized carbons (Fsp3) is 0.467. The van der Waals surface area contributed by atoms with Gasteiger partial charge in [-0.2, -0.15) is 0 Å². The van der Waals surface area contributed by atoms with Gasteiger partial charge in [0.1, 0.15) is 6.73 Å². The summed E-state index contributed by atoms with van der Waals surface area (Å²) in [6.45, 7) is 3.67. The van der Waals surface area contributed by atoms with Gasteiger partial charge in [0.05, 0.1) is 12.1 Å². The topological polar surface area (TPSA) is 40.2 Å². The Morgan fingerprint density at radius 1 is 1.42 bits per heavy atom. The van der Waals surface area contributed by atoms with Gasteiger partial charge in [-0.25, -0.2) is 0 Å². The van der Waals surface area contributed by atoms with Crippen molar-refractivity contribution in [3.05, 3.63) is 24.4 Å². The maximum atomic E-state index is 6.00. The first-order valence-corrected chi connectivity index (χ1v) is 7.85. The van der Waals surface area contributed by atoms with E-state index in [0.29, 0.717) is 6.73 Å². The molecule has 1 aromatic heterocycles. The maximum Gasteiger partial charge on any atom is 0.122 e. The molecular formula is C15H20N2OS. The summed E-state index contributed by atoms with van der Waals surface area (Å²) in [5.74, 6) is 1.86. The van der Waals surface area contributed by atoms with Crippen molar-refractivity contribution in [2.75, 3.05) is 18.1 Å². The molecule has 1 fully saturated rings. The Kier molecular flexibility index (Phi) is 3.71. The number of rotatable bonds is 6. The van der Waals surface area contributed by atoms with Crippen LogP contribution in [0, 0.1) is 5.92 Å². The van der Waals surface area contributed by atoms with Crippen LogP contribution in [0.3, 0.4) is 0 Å². The highest BCUT2D eigenvalue weighted by Crippen LogP contribution is 2.32. The molecule has 1 heterocycles. The number of nitrogens with zero attached hydrogens (tertiary/aromatic N) is 1. The van der Waals surface area contributed by atoms with Crippen molar-refractivity contribution in [2.45, 2.75) is 31.4 Å². The van der Waals surface area contributed by atoms with Crippen LogP contribution in [0.2, 0.25) is 0 Å². The molecule has 1 aliphatic carbocycles. The van der Waals surface area contributed by atoms with E-state index < -0.39 is 0 Å². The van der Waals surface area contributed by atoms with E-state index in [4.69, 9.17) is 10.5 Å².